The van der Waals surface area contributed by atoms with Crippen LogP contribution in [0.5, 0.6) is 0 Å². The van der Waals surface area contributed by atoms with Crippen molar-refractivity contribution in [1.82, 2.24) is 10.3 Å². The zero-order valence-electron chi connectivity index (χ0n) is 10.1. The number of carbonyl (C=O) groups excluding carboxylic acids is 1. The summed E-state index contributed by atoms with van der Waals surface area (Å²) in [5.41, 5.74) is 0.343. The number of aromatic nitrogens is 1. The summed E-state index contributed by atoms with van der Waals surface area (Å²) in [5, 5.41) is 22.3. The number of likely N-dealkylation sites (N-methyl/N-ethyl adjacent to an activating group) is 1. The first-order valence-corrected chi connectivity index (χ1v) is 5.63. The van der Waals surface area contributed by atoms with Crippen LogP contribution in [-0.2, 0) is 4.74 Å². The van der Waals surface area contributed by atoms with Crippen LogP contribution < -0.4 is 5.32 Å². The largest absolute Gasteiger partial charge is 0.465 e. The van der Waals surface area contributed by atoms with Crippen molar-refractivity contribution in [2.45, 2.75) is 12.2 Å². The van der Waals surface area contributed by atoms with Crippen LogP contribution in [0.15, 0.2) is 12.3 Å². The molecule has 1 rings (SSSR count). The van der Waals surface area contributed by atoms with Crippen LogP contribution in [-0.4, -0.2) is 48.0 Å². The summed E-state index contributed by atoms with van der Waals surface area (Å²) in [6, 6.07) is 1.35. The molecule has 0 bridgehead atoms. The zero-order chi connectivity index (χ0) is 13.7. The highest BCUT2D eigenvalue weighted by Gasteiger charge is 2.22. The van der Waals surface area contributed by atoms with Crippen LogP contribution in [0.4, 0.5) is 0 Å². The van der Waals surface area contributed by atoms with Crippen LogP contribution in [0.25, 0.3) is 0 Å². The zero-order valence-corrected chi connectivity index (χ0v) is 10.8. The minimum absolute atomic E-state index is 0.0327. The normalized spacial score (nSPS) is 14.1. The van der Waals surface area contributed by atoms with E-state index >= 15 is 0 Å². The van der Waals surface area contributed by atoms with E-state index in [1.54, 1.807) is 7.05 Å². The molecule has 0 radical (unpaired) electrons. The van der Waals surface area contributed by atoms with Crippen molar-refractivity contribution in [3.05, 3.63) is 28.5 Å². The molecule has 100 valence electrons. The van der Waals surface area contributed by atoms with E-state index in [1.807, 2.05) is 0 Å². The van der Waals surface area contributed by atoms with E-state index < -0.39 is 18.2 Å². The average Bonchev–Trinajstić information content (AvgIpc) is 2.37. The lowest BCUT2D eigenvalue weighted by atomic mass is 10.0. The van der Waals surface area contributed by atoms with E-state index in [-0.39, 0.29) is 22.8 Å². The van der Waals surface area contributed by atoms with E-state index in [0.29, 0.717) is 0 Å². The summed E-state index contributed by atoms with van der Waals surface area (Å²) in [6.07, 6.45) is -1.04. The summed E-state index contributed by atoms with van der Waals surface area (Å²) in [7, 11) is 2.88. The molecule has 0 aliphatic heterocycles. The first kappa shape index (κ1) is 14.8. The number of aliphatic hydroxyl groups excluding tert-OH is 2. The minimum atomic E-state index is -1.23. The molecule has 0 aliphatic rings. The van der Waals surface area contributed by atoms with Crippen molar-refractivity contribution in [3.63, 3.8) is 0 Å². The Hall–Kier alpha value is -1.21. The van der Waals surface area contributed by atoms with Crippen molar-refractivity contribution in [1.29, 1.82) is 0 Å². The molecule has 3 N–H and O–H groups in total. The second-order valence-corrected chi connectivity index (χ2v) is 4.02. The van der Waals surface area contributed by atoms with Gasteiger partial charge in [-0.3, -0.25) is 0 Å². The smallest absolute Gasteiger partial charge is 0.339 e. The number of pyridine rings is 1. The number of methoxy groups -OCH3 is 1. The number of nitrogens with zero attached hydrogens (tertiary/aromatic N) is 1. The first-order valence-electron chi connectivity index (χ1n) is 5.25. The lowest BCUT2D eigenvalue weighted by molar-refractivity contribution is 0.0200. The van der Waals surface area contributed by atoms with E-state index in [2.05, 4.69) is 15.0 Å². The maximum Gasteiger partial charge on any atom is 0.339 e. The Morgan fingerprint density at radius 2 is 2.28 bits per heavy atom. The van der Waals surface area contributed by atoms with Crippen LogP contribution in [0.2, 0.25) is 5.15 Å². The monoisotopic (exact) mass is 274 g/mol. The molecule has 0 fully saturated rings. The highest BCUT2D eigenvalue weighted by Crippen LogP contribution is 2.24. The van der Waals surface area contributed by atoms with Crippen molar-refractivity contribution >= 4 is 17.6 Å². The number of ether oxygens (including phenoxy) is 1. The molecule has 1 aromatic rings. The fourth-order valence-corrected chi connectivity index (χ4v) is 1.65. The summed E-state index contributed by atoms with van der Waals surface area (Å²) in [5.74, 6) is -0.587. The second kappa shape index (κ2) is 6.65. The average molecular weight is 275 g/mol. The predicted molar refractivity (Wildman–Crippen MR) is 65.5 cm³/mol. The number of carbonyl (C=O) groups is 1. The number of hydrogen-bond donors (Lipinski definition) is 3. The molecular formula is C11H15ClN2O4. The van der Waals surface area contributed by atoms with Crippen LogP contribution in [0.1, 0.15) is 22.0 Å². The Bertz CT molecular complexity index is 428. The van der Waals surface area contributed by atoms with Gasteiger partial charge in [0.15, 0.2) is 0 Å². The van der Waals surface area contributed by atoms with Gasteiger partial charge in [0, 0.05) is 18.3 Å². The molecule has 1 aromatic heterocycles. The highest BCUT2D eigenvalue weighted by atomic mass is 35.5. The maximum absolute atomic E-state index is 11.3. The topological polar surface area (TPSA) is 91.7 Å². The maximum atomic E-state index is 11.3. The molecule has 0 aromatic carbocycles. The van der Waals surface area contributed by atoms with Gasteiger partial charge in [-0.25, -0.2) is 9.78 Å². The molecular weight excluding hydrogens is 260 g/mol. The fraction of sp³-hybridized carbons (Fsp3) is 0.455. The Morgan fingerprint density at radius 3 is 2.83 bits per heavy atom. The molecule has 0 saturated heterocycles. The summed E-state index contributed by atoms with van der Waals surface area (Å²) < 4.78 is 4.54. The number of nitrogens with one attached hydrogen (secondary N) is 1. The van der Waals surface area contributed by atoms with Gasteiger partial charge < -0.3 is 20.3 Å². The quantitative estimate of drug-likeness (QED) is 0.522. The van der Waals surface area contributed by atoms with Gasteiger partial charge in [-0.1, -0.05) is 11.6 Å². The second-order valence-electron chi connectivity index (χ2n) is 3.67. The third-order valence-corrected chi connectivity index (χ3v) is 2.70. The van der Waals surface area contributed by atoms with Gasteiger partial charge in [-0.05, 0) is 13.1 Å². The molecule has 7 heteroatoms. The molecule has 6 nitrogen and oxygen atoms in total. The van der Waals surface area contributed by atoms with Gasteiger partial charge in [0.05, 0.1) is 18.8 Å². The van der Waals surface area contributed by atoms with E-state index in [0.717, 1.165) is 0 Å². The van der Waals surface area contributed by atoms with Gasteiger partial charge >= 0.3 is 5.97 Å². The van der Waals surface area contributed by atoms with E-state index in [4.69, 9.17) is 11.6 Å². The number of esters is 1. The molecule has 0 amide bonds. The van der Waals surface area contributed by atoms with Crippen LogP contribution in [0.3, 0.4) is 0 Å². The van der Waals surface area contributed by atoms with Gasteiger partial charge in [-0.15, -0.1) is 0 Å². The number of aliphatic hydroxyl groups is 2. The van der Waals surface area contributed by atoms with Crippen molar-refractivity contribution in [2.24, 2.45) is 0 Å². The van der Waals surface area contributed by atoms with Gasteiger partial charge in [0.25, 0.3) is 0 Å². The molecule has 2 unspecified atom stereocenters. The Kier molecular flexibility index (Phi) is 5.49. The summed E-state index contributed by atoms with van der Waals surface area (Å²) >= 11 is 5.83. The van der Waals surface area contributed by atoms with Crippen molar-refractivity contribution < 1.29 is 19.7 Å². The van der Waals surface area contributed by atoms with Gasteiger partial charge in [-0.2, -0.15) is 0 Å². The number of rotatable bonds is 5. The van der Waals surface area contributed by atoms with Crippen molar-refractivity contribution in [2.75, 3.05) is 20.7 Å². The van der Waals surface area contributed by atoms with E-state index in [1.165, 1.54) is 19.4 Å². The molecule has 0 spiro atoms. The molecule has 2 atom stereocenters. The summed E-state index contributed by atoms with van der Waals surface area (Å²) in [6.45, 7) is 0.181. The Labute approximate surface area is 110 Å². The molecule has 0 aliphatic carbocycles. The first-order chi connectivity index (χ1) is 8.51. The van der Waals surface area contributed by atoms with Gasteiger partial charge in [0.2, 0.25) is 0 Å². The van der Waals surface area contributed by atoms with Crippen molar-refractivity contribution in [3.8, 4) is 0 Å². The Balaban J connectivity index is 3.03. The Morgan fingerprint density at radius 1 is 1.61 bits per heavy atom. The molecule has 1 heterocycles. The third kappa shape index (κ3) is 3.39. The van der Waals surface area contributed by atoms with Gasteiger partial charge in [0.1, 0.15) is 11.3 Å². The standard InChI is InChI=1S/C11H15ClN2O4/c1-13-5-8(15)9(16)7-3-6(11(17)18-2)4-14-10(7)12/h3-4,8-9,13,15-16H,5H2,1-2H3. The molecule has 18 heavy (non-hydrogen) atoms. The minimum Gasteiger partial charge on any atom is -0.465 e. The lowest BCUT2D eigenvalue weighted by Crippen LogP contribution is -2.30. The lowest BCUT2D eigenvalue weighted by Gasteiger charge is -2.18. The van der Waals surface area contributed by atoms with Crippen LogP contribution in [0, 0.1) is 0 Å². The van der Waals surface area contributed by atoms with E-state index in [9.17, 15) is 15.0 Å². The SMILES string of the molecule is CNCC(O)C(O)c1cc(C(=O)OC)cnc1Cl. The third-order valence-electron chi connectivity index (χ3n) is 2.38. The highest BCUT2D eigenvalue weighted by molar-refractivity contribution is 6.30. The number of hydrogen-bond acceptors (Lipinski definition) is 6. The fourth-order valence-electron chi connectivity index (χ4n) is 1.43. The van der Waals surface area contributed by atoms with Crippen LogP contribution >= 0.6 is 11.6 Å². The molecule has 0 saturated carbocycles. The predicted octanol–water partition coefficient (Wildman–Crippen LogP) is 0.135. The number of halogens is 1. The summed E-state index contributed by atoms with van der Waals surface area (Å²) in [4.78, 5) is 15.1.